The second kappa shape index (κ2) is 13.7. The second-order valence-corrected chi connectivity index (χ2v) is 8.50. The van der Waals surface area contributed by atoms with Crippen molar-refractivity contribution < 1.29 is 20.1 Å². The normalized spacial score (nSPS) is 11.7. The van der Waals surface area contributed by atoms with Gasteiger partial charge in [-0.05, 0) is 60.7 Å². The van der Waals surface area contributed by atoms with Crippen molar-refractivity contribution in [1.29, 1.82) is 0 Å². The van der Waals surface area contributed by atoms with Gasteiger partial charge in [0.1, 0.15) is 11.5 Å². The van der Waals surface area contributed by atoms with Crippen LogP contribution >= 0.6 is 0 Å². The number of benzene rings is 4. The topological polar surface area (TPSA) is 201 Å². The highest BCUT2D eigenvalue weighted by molar-refractivity contribution is 5.85. The van der Waals surface area contributed by atoms with Gasteiger partial charge in [0.15, 0.2) is 0 Å². The molecule has 0 aliphatic rings. The molecule has 0 fully saturated rings. The number of nitro benzene ring substituents is 2. The van der Waals surface area contributed by atoms with Crippen LogP contribution in [0.25, 0.3) is 0 Å². The minimum Gasteiger partial charge on any atom is -0.507 e. The standard InChI is InChI=1S/C28H22N8O6/c37-27-11-5-23(33-31-21-1-7-25(8-2-21)35(39)40)15-19(27)17-29-13-14-30-18-20-16-24(6-12-28(20)38)34-32-22-3-9-26(10-4-22)36(41)42/h1-12,15-18,37-38H,13-14H2. The Morgan fingerprint density at radius 3 is 1.24 bits per heavy atom. The maximum atomic E-state index is 10.8. The highest BCUT2D eigenvalue weighted by Crippen LogP contribution is 2.26. The molecule has 0 aliphatic carbocycles. The first-order valence-corrected chi connectivity index (χ1v) is 12.3. The molecule has 0 atom stereocenters. The third-order valence-corrected chi connectivity index (χ3v) is 5.52. The first kappa shape index (κ1) is 28.8. The van der Waals surface area contributed by atoms with E-state index in [2.05, 4.69) is 30.4 Å². The molecule has 0 unspecified atom stereocenters. The average molecular weight is 567 g/mol. The van der Waals surface area contributed by atoms with Gasteiger partial charge in [-0.3, -0.25) is 30.2 Å². The van der Waals surface area contributed by atoms with Crippen molar-refractivity contribution in [2.24, 2.45) is 30.4 Å². The van der Waals surface area contributed by atoms with Crippen LogP contribution in [-0.2, 0) is 0 Å². The summed E-state index contributed by atoms with van der Waals surface area (Å²) < 4.78 is 0. The van der Waals surface area contributed by atoms with Crippen molar-refractivity contribution in [1.82, 2.24) is 0 Å². The number of phenols is 2. The van der Waals surface area contributed by atoms with Gasteiger partial charge in [-0.25, -0.2) is 0 Å². The molecule has 0 bridgehead atoms. The molecule has 0 heterocycles. The molecule has 0 aliphatic heterocycles. The van der Waals surface area contributed by atoms with Crippen molar-refractivity contribution in [3.63, 3.8) is 0 Å². The molecule has 0 aromatic heterocycles. The number of aromatic hydroxyl groups is 2. The monoisotopic (exact) mass is 566 g/mol. The summed E-state index contributed by atoms with van der Waals surface area (Å²) in [4.78, 5) is 29.1. The summed E-state index contributed by atoms with van der Waals surface area (Å²) in [5.41, 5.74) is 2.52. The van der Waals surface area contributed by atoms with E-state index in [0.717, 1.165) is 0 Å². The van der Waals surface area contributed by atoms with Crippen LogP contribution < -0.4 is 0 Å². The Hall–Kier alpha value is -6.18. The Labute approximate surface area is 238 Å². The molecule has 210 valence electrons. The van der Waals surface area contributed by atoms with Gasteiger partial charge in [0.25, 0.3) is 11.4 Å². The van der Waals surface area contributed by atoms with Crippen LogP contribution in [0.5, 0.6) is 11.5 Å². The van der Waals surface area contributed by atoms with Crippen LogP contribution in [0.3, 0.4) is 0 Å². The predicted octanol–water partition coefficient (Wildman–Crippen LogP) is 7.28. The SMILES string of the molecule is O=[N+]([O-])c1ccc(N=Nc2ccc(O)c(C=NCCN=Cc3cc(N=Nc4ccc([N+](=O)[O-])cc4)ccc3O)c2)cc1. The molecule has 0 amide bonds. The van der Waals surface area contributed by atoms with Crippen LogP contribution in [0.2, 0.25) is 0 Å². The predicted molar refractivity (Wildman–Crippen MR) is 156 cm³/mol. The third-order valence-electron chi connectivity index (χ3n) is 5.52. The minimum absolute atomic E-state index is 0.00108. The van der Waals surface area contributed by atoms with Gasteiger partial charge in [-0.1, -0.05) is 0 Å². The van der Waals surface area contributed by atoms with Crippen molar-refractivity contribution in [2.75, 3.05) is 13.1 Å². The number of nitrogens with zero attached hydrogens (tertiary/aromatic N) is 8. The molecule has 2 N–H and O–H groups in total. The number of rotatable bonds is 11. The maximum Gasteiger partial charge on any atom is 0.269 e. The lowest BCUT2D eigenvalue weighted by Crippen LogP contribution is -1.91. The van der Waals surface area contributed by atoms with E-state index in [0.29, 0.717) is 47.0 Å². The van der Waals surface area contributed by atoms with E-state index < -0.39 is 9.85 Å². The Morgan fingerprint density at radius 1 is 0.548 bits per heavy atom. The summed E-state index contributed by atoms with van der Waals surface area (Å²) >= 11 is 0. The van der Waals surface area contributed by atoms with E-state index >= 15 is 0 Å². The van der Waals surface area contributed by atoms with Crippen molar-refractivity contribution >= 4 is 46.6 Å². The molecule has 14 heteroatoms. The Morgan fingerprint density at radius 2 is 0.881 bits per heavy atom. The molecule has 4 rings (SSSR count). The van der Waals surface area contributed by atoms with Gasteiger partial charge in [0.2, 0.25) is 0 Å². The van der Waals surface area contributed by atoms with Gasteiger partial charge in [-0.15, -0.1) is 0 Å². The van der Waals surface area contributed by atoms with E-state index in [1.54, 1.807) is 24.3 Å². The zero-order chi connectivity index (χ0) is 29.9. The smallest absolute Gasteiger partial charge is 0.269 e. The Kier molecular flexibility index (Phi) is 9.43. The zero-order valence-electron chi connectivity index (χ0n) is 21.8. The number of phenolic OH excluding ortho intramolecular Hbond substituents is 2. The summed E-state index contributed by atoms with van der Waals surface area (Å²) in [5.74, 6) is 0.00216. The lowest BCUT2D eigenvalue weighted by molar-refractivity contribution is -0.385. The minimum atomic E-state index is -0.499. The Balaban J connectivity index is 1.32. The number of azo groups is 2. The highest BCUT2D eigenvalue weighted by atomic mass is 16.6. The fourth-order valence-electron chi connectivity index (χ4n) is 3.37. The summed E-state index contributed by atoms with van der Waals surface area (Å²) in [6, 6.07) is 20.5. The van der Waals surface area contributed by atoms with Crippen LogP contribution in [0.1, 0.15) is 11.1 Å². The summed E-state index contributed by atoms with van der Waals surface area (Å²) in [6.45, 7) is 0.593. The summed E-state index contributed by atoms with van der Waals surface area (Å²) in [6.07, 6.45) is 2.96. The maximum absolute atomic E-state index is 10.8. The van der Waals surface area contributed by atoms with Crippen LogP contribution in [-0.4, -0.2) is 45.6 Å². The summed E-state index contributed by atoms with van der Waals surface area (Å²) in [7, 11) is 0. The van der Waals surface area contributed by atoms with E-state index in [9.17, 15) is 30.4 Å². The molecule has 0 saturated carbocycles. The second-order valence-electron chi connectivity index (χ2n) is 8.50. The van der Waals surface area contributed by atoms with Crippen LogP contribution in [0, 0.1) is 20.2 Å². The van der Waals surface area contributed by atoms with E-state index in [1.165, 1.54) is 73.1 Å². The van der Waals surface area contributed by atoms with E-state index in [1.807, 2.05) is 0 Å². The van der Waals surface area contributed by atoms with Crippen LogP contribution in [0.4, 0.5) is 34.1 Å². The number of nitro groups is 2. The third kappa shape index (κ3) is 8.16. The molecule has 4 aromatic rings. The molecule has 42 heavy (non-hydrogen) atoms. The van der Waals surface area contributed by atoms with Crippen molar-refractivity contribution in [3.05, 3.63) is 116 Å². The first-order valence-electron chi connectivity index (χ1n) is 12.3. The fraction of sp³-hybridized carbons (Fsp3) is 0.0714. The number of aliphatic imine (C=N–C) groups is 2. The van der Waals surface area contributed by atoms with E-state index in [-0.39, 0.29) is 22.9 Å². The van der Waals surface area contributed by atoms with Gasteiger partial charge in [0, 0.05) is 47.8 Å². The summed E-state index contributed by atoms with van der Waals surface area (Å²) in [5, 5.41) is 58.1. The van der Waals surface area contributed by atoms with Gasteiger partial charge < -0.3 is 10.2 Å². The molecular weight excluding hydrogens is 544 g/mol. The lowest BCUT2D eigenvalue weighted by Gasteiger charge is -2.01. The lowest BCUT2D eigenvalue weighted by atomic mass is 10.2. The van der Waals surface area contributed by atoms with Gasteiger partial charge in [-0.2, -0.15) is 20.5 Å². The zero-order valence-corrected chi connectivity index (χ0v) is 21.8. The van der Waals surface area contributed by atoms with Crippen LogP contribution in [0.15, 0.2) is 115 Å². The Bertz CT molecular complexity index is 1570. The molecule has 14 nitrogen and oxygen atoms in total. The van der Waals surface area contributed by atoms with Gasteiger partial charge >= 0.3 is 0 Å². The van der Waals surface area contributed by atoms with Crippen molar-refractivity contribution in [3.8, 4) is 11.5 Å². The quantitative estimate of drug-likeness (QED) is 0.0627. The number of hydrogen-bond donors (Lipinski definition) is 2. The highest BCUT2D eigenvalue weighted by Gasteiger charge is 2.05. The molecule has 0 radical (unpaired) electrons. The fourth-order valence-corrected chi connectivity index (χ4v) is 3.37. The number of non-ortho nitro benzene ring substituents is 2. The molecule has 4 aromatic carbocycles. The van der Waals surface area contributed by atoms with Gasteiger partial charge in [0.05, 0.1) is 45.7 Å². The molecular formula is C28H22N8O6. The average Bonchev–Trinajstić information content (AvgIpc) is 2.99. The molecule has 0 saturated heterocycles. The first-order chi connectivity index (χ1) is 20.3. The largest absolute Gasteiger partial charge is 0.507 e. The van der Waals surface area contributed by atoms with Crippen molar-refractivity contribution in [2.45, 2.75) is 0 Å². The van der Waals surface area contributed by atoms with E-state index in [4.69, 9.17) is 0 Å². The molecule has 0 spiro atoms. The number of hydrogen-bond acceptors (Lipinski definition) is 12.